The number of hydrogen-bond donors (Lipinski definition) is 2. The molecule has 144 valence electrons. The lowest BCUT2D eigenvalue weighted by atomic mass is 10.1. The first-order valence-corrected chi connectivity index (χ1v) is 9.56. The average Bonchev–Trinajstić information content (AvgIpc) is 3.05. The molecule has 0 aliphatic carbocycles. The van der Waals surface area contributed by atoms with E-state index >= 15 is 0 Å². The molecule has 2 aromatic heterocycles. The van der Waals surface area contributed by atoms with Gasteiger partial charge in [0, 0.05) is 30.2 Å². The fourth-order valence-corrected chi connectivity index (χ4v) is 3.39. The lowest BCUT2D eigenvalue weighted by molar-refractivity contribution is 0.682. The van der Waals surface area contributed by atoms with Gasteiger partial charge < -0.3 is 10.6 Å². The molecule has 3 rings (SSSR count). The lowest BCUT2D eigenvalue weighted by Gasteiger charge is -2.19. The molecular formula is C19H24BrIN6. The fraction of sp³-hybridized carbons (Fsp3) is 0.316. The van der Waals surface area contributed by atoms with Crippen molar-refractivity contribution in [2.24, 2.45) is 4.99 Å². The van der Waals surface area contributed by atoms with Crippen LogP contribution in [0, 0.1) is 0 Å². The summed E-state index contributed by atoms with van der Waals surface area (Å²) >= 11 is 3.61. The standard InChI is InChI=1S/C19H23BrN6.HI/c1-3-21-19(23-14(2)15-8-4-5-9-16(15)20)22-12-11-18-25-24-17-10-6-7-13-26(17)18;/h4-10,13-14H,3,11-12H2,1-2H3,(H2,21,22,23);1H. The number of hydrogen-bond acceptors (Lipinski definition) is 3. The minimum absolute atomic E-state index is 0. The third-order valence-electron chi connectivity index (χ3n) is 4.06. The largest absolute Gasteiger partial charge is 0.357 e. The molecule has 1 unspecified atom stereocenters. The first kappa shape index (κ1) is 21.6. The van der Waals surface area contributed by atoms with Gasteiger partial charge in [-0.05, 0) is 37.6 Å². The number of nitrogens with one attached hydrogen (secondary N) is 2. The highest BCUT2D eigenvalue weighted by Gasteiger charge is 2.10. The third-order valence-corrected chi connectivity index (χ3v) is 4.78. The molecule has 0 fully saturated rings. The van der Waals surface area contributed by atoms with Crippen molar-refractivity contribution in [2.45, 2.75) is 26.3 Å². The number of halogens is 2. The van der Waals surface area contributed by atoms with Gasteiger partial charge in [-0.25, -0.2) is 0 Å². The average molecular weight is 543 g/mol. The Morgan fingerprint density at radius 3 is 2.74 bits per heavy atom. The van der Waals surface area contributed by atoms with Gasteiger partial charge in [0.2, 0.25) is 0 Å². The predicted octanol–water partition coefficient (Wildman–Crippen LogP) is 3.97. The quantitative estimate of drug-likeness (QED) is 0.281. The van der Waals surface area contributed by atoms with E-state index in [4.69, 9.17) is 0 Å². The molecule has 2 heterocycles. The maximum absolute atomic E-state index is 4.69. The van der Waals surface area contributed by atoms with Gasteiger partial charge in [0.1, 0.15) is 5.82 Å². The molecule has 27 heavy (non-hydrogen) atoms. The molecule has 0 aliphatic rings. The summed E-state index contributed by atoms with van der Waals surface area (Å²) in [5.74, 6) is 1.71. The van der Waals surface area contributed by atoms with Gasteiger partial charge in [-0.1, -0.05) is 40.2 Å². The van der Waals surface area contributed by atoms with Crippen molar-refractivity contribution in [3.63, 3.8) is 0 Å². The number of fused-ring (bicyclic) bond motifs is 1. The van der Waals surface area contributed by atoms with Crippen LogP contribution in [0.25, 0.3) is 5.65 Å². The Hall–Kier alpha value is -1.68. The van der Waals surface area contributed by atoms with Crippen LogP contribution in [0.3, 0.4) is 0 Å². The number of rotatable bonds is 6. The molecule has 0 amide bonds. The summed E-state index contributed by atoms with van der Waals surface area (Å²) in [5, 5.41) is 15.2. The Kier molecular flexibility index (Phi) is 8.49. The van der Waals surface area contributed by atoms with Gasteiger partial charge in [-0.3, -0.25) is 9.39 Å². The van der Waals surface area contributed by atoms with E-state index in [0.29, 0.717) is 6.54 Å². The summed E-state index contributed by atoms with van der Waals surface area (Å²) in [4.78, 5) is 4.69. The van der Waals surface area contributed by atoms with Crippen LogP contribution in [0.5, 0.6) is 0 Å². The zero-order valence-corrected chi connectivity index (χ0v) is 19.3. The Bertz CT molecular complexity index is 895. The number of pyridine rings is 1. The highest BCUT2D eigenvalue weighted by Crippen LogP contribution is 2.22. The topological polar surface area (TPSA) is 66.6 Å². The molecule has 0 bridgehead atoms. The summed E-state index contributed by atoms with van der Waals surface area (Å²) in [6, 6.07) is 14.2. The zero-order chi connectivity index (χ0) is 18.4. The number of aliphatic imine (C=N–C) groups is 1. The Balaban J connectivity index is 0.00000261. The number of nitrogens with zero attached hydrogens (tertiary/aromatic N) is 4. The minimum atomic E-state index is 0. The van der Waals surface area contributed by atoms with Crippen molar-refractivity contribution < 1.29 is 0 Å². The molecule has 1 atom stereocenters. The second-order valence-corrected chi connectivity index (χ2v) is 6.80. The van der Waals surface area contributed by atoms with Crippen molar-refractivity contribution in [3.05, 3.63) is 64.5 Å². The van der Waals surface area contributed by atoms with E-state index < -0.39 is 0 Å². The Labute approximate surface area is 185 Å². The van der Waals surface area contributed by atoms with Gasteiger partial charge in [0.15, 0.2) is 11.6 Å². The van der Waals surface area contributed by atoms with Crippen LogP contribution < -0.4 is 10.6 Å². The summed E-state index contributed by atoms with van der Waals surface area (Å²) in [7, 11) is 0. The summed E-state index contributed by atoms with van der Waals surface area (Å²) in [6.07, 6.45) is 2.71. The summed E-state index contributed by atoms with van der Waals surface area (Å²) in [6.45, 7) is 5.63. The van der Waals surface area contributed by atoms with Gasteiger partial charge in [-0.2, -0.15) is 0 Å². The predicted molar refractivity (Wildman–Crippen MR) is 124 cm³/mol. The molecule has 1 aromatic carbocycles. The van der Waals surface area contributed by atoms with Gasteiger partial charge in [0.05, 0.1) is 6.04 Å². The van der Waals surface area contributed by atoms with Crippen LogP contribution in [0.4, 0.5) is 0 Å². The molecule has 0 aliphatic heterocycles. The molecule has 8 heteroatoms. The second kappa shape index (κ2) is 10.6. The Morgan fingerprint density at radius 1 is 1.19 bits per heavy atom. The molecule has 0 saturated heterocycles. The van der Waals surface area contributed by atoms with Crippen LogP contribution in [0.15, 0.2) is 58.1 Å². The molecule has 2 N–H and O–H groups in total. The van der Waals surface area contributed by atoms with E-state index in [9.17, 15) is 0 Å². The van der Waals surface area contributed by atoms with Gasteiger partial charge in [-0.15, -0.1) is 34.2 Å². The molecule has 0 spiro atoms. The monoisotopic (exact) mass is 542 g/mol. The summed E-state index contributed by atoms with van der Waals surface area (Å²) < 4.78 is 3.09. The van der Waals surface area contributed by atoms with E-state index in [2.05, 4.69) is 61.7 Å². The van der Waals surface area contributed by atoms with Crippen LogP contribution >= 0.6 is 39.9 Å². The number of guanidine groups is 1. The molecule has 0 saturated carbocycles. The van der Waals surface area contributed by atoms with Crippen molar-refractivity contribution in [1.82, 2.24) is 25.2 Å². The fourth-order valence-electron chi connectivity index (χ4n) is 2.76. The lowest BCUT2D eigenvalue weighted by Crippen LogP contribution is -2.39. The normalized spacial score (nSPS) is 12.5. The highest BCUT2D eigenvalue weighted by atomic mass is 127. The van der Waals surface area contributed by atoms with Crippen molar-refractivity contribution in [2.75, 3.05) is 13.1 Å². The van der Waals surface area contributed by atoms with Crippen LogP contribution in [0.2, 0.25) is 0 Å². The van der Waals surface area contributed by atoms with Crippen LogP contribution in [-0.4, -0.2) is 33.6 Å². The van der Waals surface area contributed by atoms with Crippen molar-refractivity contribution >= 4 is 51.5 Å². The minimum Gasteiger partial charge on any atom is -0.357 e. The van der Waals surface area contributed by atoms with Crippen LogP contribution in [-0.2, 0) is 6.42 Å². The van der Waals surface area contributed by atoms with Crippen molar-refractivity contribution in [3.8, 4) is 0 Å². The van der Waals surface area contributed by atoms with Gasteiger partial charge >= 0.3 is 0 Å². The van der Waals surface area contributed by atoms with E-state index in [1.807, 2.05) is 47.0 Å². The van der Waals surface area contributed by atoms with Gasteiger partial charge in [0.25, 0.3) is 0 Å². The number of aromatic nitrogens is 3. The number of benzene rings is 1. The smallest absolute Gasteiger partial charge is 0.191 e. The molecular weight excluding hydrogens is 519 g/mol. The molecule has 6 nitrogen and oxygen atoms in total. The summed E-state index contributed by atoms with van der Waals surface area (Å²) in [5.41, 5.74) is 2.06. The van der Waals surface area contributed by atoms with E-state index in [1.165, 1.54) is 5.56 Å². The van der Waals surface area contributed by atoms with E-state index in [0.717, 1.165) is 34.9 Å². The zero-order valence-electron chi connectivity index (χ0n) is 15.4. The maximum Gasteiger partial charge on any atom is 0.191 e. The SMILES string of the molecule is CCNC(=NCCc1nnc2ccccn12)NC(C)c1ccccc1Br.I. The molecule has 0 radical (unpaired) electrons. The Morgan fingerprint density at radius 2 is 1.96 bits per heavy atom. The molecule has 3 aromatic rings. The highest BCUT2D eigenvalue weighted by molar-refractivity contribution is 14.0. The first-order chi connectivity index (χ1) is 12.7. The van der Waals surface area contributed by atoms with Crippen LogP contribution in [0.1, 0.15) is 31.3 Å². The van der Waals surface area contributed by atoms with E-state index in [-0.39, 0.29) is 30.0 Å². The first-order valence-electron chi connectivity index (χ1n) is 8.77. The second-order valence-electron chi connectivity index (χ2n) is 5.94. The van der Waals surface area contributed by atoms with Crippen molar-refractivity contribution in [1.29, 1.82) is 0 Å². The third kappa shape index (κ3) is 5.65. The maximum atomic E-state index is 4.69. The van der Waals surface area contributed by atoms with E-state index in [1.54, 1.807) is 0 Å².